The average Bonchev–Trinajstić information content (AvgIpc) is 2.98. The molecule has 0 saturated heterocycles. The number of ether oxygens (including phenoxy) is 1. The lowest BCUT2D eigenvalue weighted by molar-refractivity contribution is 0.0860. The first-order chi connectivity index (χ1) is 11.2. The molecule has 1 aliphatic rings. The van der Waals surface area contributed by atoms with E-state index in [1.54, 1.807) is 0 Å². The average molecular weight is 344 g/mol. The molecule has 0 amide bonds. The quantitative estimate of drug-likeness (QED) is 0.585. The molecule has 0 spiro atoms. The number of hydrogen-bond donors (Lipinski definition) is 0. The third-order valence-corrected chi connectivity index (χ3v) is 4.95. The Balaban J connectivity index is 1.90. The first-order valence-corrected chi connectivity index (χ1v) is 8.30. The van der Waals surface area contributed by atoms with Gasteiger partial charge in [-0.25, -0.2) is 0 Å². The van der Waals surface area contributed by atoms with Crippen LogP contribution in [0.15, 0.2) is 54.6 Å². The molecule has 4 rings (SSSR count). The Hall–Kier alpha value is -1.74. The molecule has 2 nitrogen and oxygen atoms in total. The maximum absolute atomic E-state index is 6.20. The number of fused-ring (bicyclic) bond motifs is 1. The molecule has 23 heavy (non-hydrogen) atoms. The molecule has 0 fully saturated rings. The summed E-state index contributed by atoms with van der Waals surface area (Å²) in [5.74, 6) is 0. The molecule has 3 aromatic rings. The van der Waals surface area contributed by atoms with E-state index in [9.17, 15) is 0 Å². The van der Waals surface area contributed by atoms with Crippen molar-refractivity contribution in [1.82, 2.24) is 4.57 Å². The summed E-state index contributed by atoms with van der Waals surface area (Å²) in [5.41, 5.74) is 5.83. The third kappa shape index (κ3) is 2.67. The molecule has 1 aliphatic heterocycles. The van der Waals surface area contributed by atoms with E-state index >= 15 is 0 Å². The Morgan fingerprint density at radius 1 is 0.870 bits per heavy atom. The van der Waals surface area contributed by atoms with E-state index < -0.39 is 0 Å². The zero-order chi connectivity index (χ0) is 15.8. The zero-order valence-corrected chi connectivity index (χ0v) is 13.9. The van der Waals surface area contributed by atoms with Crippen LogP contribution in [0.2, 0.25) is 10.0 Å². The van der Waals surface area contributed by atoms with Gasteiger partial charge in [0, 0.05) is 17.8 Å². The highest BCUT2D eigenvalue weighted by molar-refractivity contribution is 6.42. The number of benzene rings is 2. The van der Waals surface area contributed by atoms with Crippen molar-refractivity contribution >= 4 is 23.2 Å². The summed E-state index contributed by atoms with van der Waals surface area (Å²) in [6.45, 7) is 2.21. The van der Waals surface area contributed by atoms with E-state index in [-0.39, 0.29) is 0 Å². The third-order valence-electron chi connectivity index (χ3n) is 4.21. The number of rotatable bonds is 2. The predicted octanol–water partition coefficient (Wildman–Crippen LogP) is 5.66. The van der Waals surface area contributed by atoms with Gasteiger partial charge in [0.2, 0.25) is 0 Å². The number of aromatic nitrogens is 1. The van der Waals surface area contributed by atoms with Crippen LogP contribution in [-0.2, 0) is 17.9 Å². The summed E-state index contributed by atoms with van der Waals surface area (Å²) in [6, 6.07) is 18.4. The number of hydrogen-bond acceptors (Lipinski definition) is 1. The van der Waals surface area contributed by atoms with Gasteiger partial charge in [-0.15, -0.1) is 0 Å². The van der Waals surface area contributed by atoms with Crippen LogP contribution in [0, 0.1) is 0 Å². The standard InChI is InChI=1S/C19H15Cl2NO/c20-16-7-6-14(10-17(16)21)15-11-18(13-4-2-1-3-5-13)22-8-9-23-12-19(15)22/h1-7,10-11H,8-9,12H2. The van der Waals surface area contributed by atoms with Gasteiger partial charge in [0.15, 0.2) is 0 Å². The molecular formula is C19H15Cl2NO. The molecule has 116 valence electrons. The monoisotopic (exact) mass is 343 g/mol. The van der Waals surface area contributed by atoms with Gasteiger partial charge in [-0.1, -0.05) is 59.6 Å². The summed E-state index contributed by atoms with van der Waals surface area (Å²) in [7, 11) is 0. The smallest absolute Gasteiger partial charge is 0.0875 e. The molecule has 2 heterocycles. The largest absolute Gasteiger partial charge is 0.373 e. The van der Waals surface area contributed by atoms with Crippen molar-refractivity contribution in [3.05, 3.63) is 70.3 Å². The van der Waals surface area contributed by atoms with Crippen LogP contribution in [0.3, 0.4) is 0 Å². The highest BCUT2D eigenvalue weighted by Crippen LogP contribution is 2.37. The predicted molar refractivity (Wildman–Crippen MR) is 95.0 cm³/mol. The van der Waals surface area contributed by atoms with Crippen molar-refractivity contribution in [3.8, 4) is 22.4 Å². The minimum atomic E-state index is 0.571. The minimum absolute atomic E-state index is 0.571. The lowest BCUT2D eigenvalue weighted by atomic mass is 10.0. The van der Waals surface area contributed by atoms with Crippen molar-refractivity contribution < 1.29 is 4.74 Å². The summed E-state index contributed by atoms with van der Waals surface area (Å²) < 4.78 is 8.03. The van der Waals surface area contributed by atoms with Crippen molar-refractivity contribution in [2.24, 2.45) is 0 Å². The molecule has 2 aromatic carbocycles. The Morgan fingerprint density at radius 2 is 1.70 bits per heavy atom. The Bertz CT molecular complexity index is 855. The van der Waals surface area contributed by atoms with Crippen molar-refractivity contribution in [2.75, 3.05) is 6.61 Å². The maximum Gasteiger partial charge on any atom is 0.0875 e. The zero-order valence-electron chi connectivity index (χ0n) is 12.4. The molecular weight excluding hydrogens is 329 g/mol. The Kier molecular flexibility index (Phi) is 3.90. The van der Waals surface area contributed by atoms with Gasteiger partial charge in [0.1, 0.15) is 0 Å². The molecule has 0 aliphatic carbocycles. The maximum atomic E-state index is 6.20. The van der Waals surface area contributed by atoms with Gasteiger partial charge in [0.05, 0.1) is 29.0 Å². The van der Waals surface area contributed by atoms with Crippen LogP contribution in [0.5, 0.6) is 0 Å². The molecule has 0 unspecified atom stereocenters. The van der Waals surface area contributed by atoms with E-state index in [0.717, 1.165) is 24.3 Å². The normalized spacial score (nSPS) is 13.8. The Labute approximate surface area is 145 Å². The second kappa shape index (κ2) is 6.04. The molecule has 0 saturated carbocycles. The van der Waals surface area contributed by atoms with Gasteiger partial charge in [0.25, 0.3) is 0 Å². The lowest BCUT2D eigenvalue weighted by Gasteiger charge is -2.20. The van der Waals surface area contributed by atoms with Crippen molar-refractivity contribution in [3.63, 3.8) is 0 Å². The molecule has 0 radical (unpaired) electrons. The number of halogens is 2. The molecule has 1 aromatic heterocycles. The van der Waals surface area contributed by atoms with E-state index in [1.165, 1.54) is 17.0 Å². The highest BCUT2D eigenvalue weighted by Gasteiger charge is 2.20. The summed E-state index contributed by atoms with van der Waals surface area (Å²) >= 11 is 12.3. The topological polar surface area (TPSA) is 14.2 Å². The van der Waals surface area contributed by atoms with E-state index in [2.05, 4.69) is 34.9 Å². The van der Waals surface area contributed by atoms with Gasteiger partial charge < -0.3 is 9.30 Å². The SMILES string of the molecule is Clc1ccc(-c2cc(-c3ccccc3)n3c2COCC3)cc1Cl. The number of nitrogens with zero attached hydrogens (tertiary/aromatic N) is 1. The summed E-state index contributed by atoms with van der Waals surface area (Å²) in [5, 5.41) is 1.14. The van der Waals surface area contributed by atoms with Gasteiger partial charge in [-0.2, -0.15) is 0 Å². The van der Waals surface area contributed by atoms with Crippen LogP contribution < -0.4 is 0 Å². The van der Waals surface area contributed by atoms with Crippen LogP contribution in [-0.4, -0.2) is 11.2 Å². The van der Waals surface area contributed by atoms with Crippen molar-refractivity contribution in [2.45, 2.75) is 13.2 Å². The fourth-order valence-corrected chi connectivity index (χ4v) is 3.38. The minimum Gasteiger partial charge on any atom is -0.373 e. The fraction of sp³-hybridized carbons (Fsp3) is 0.158. The van der Waals surface area contributed by atoms with E-state index in [4.69, 9.17) is 27.9 Å². The second-order valence-corrected chi connectivity index (χ2v) is 6.40. The van der Waals surface area contributed by atoms with Gasteiger partial charge in [-0.3, -0.25) is 0 Å². The lowest BCUT2D eigenvalue weighted by Crippen LogP contribution is -2.17. The van der Waals surface area contributed by atoms with Crippen LogP contribution in [0.1, 0.15) is 5.69 Å². The van der Waals surface area contributed by atoms with E-state index in [1.807, 2.05) is 24.3 Å². The highest BCUT2D eigenvalue weighted by atomic mass is 35.5. The van der Waals surface area contributed by atoms with Gasteiger partial charge in [-0.05, 0) is 29.3 Å². The van der Waals surface area contributed by atoms with Crippen LogP contribution >= 0.6 is 23.2 Å². The first-order valence-electron chi connectivity index (χ1n) is 7.55. The first kappa shape index (κ1) is 14.8. The Morgan fingerprint density at radius 3 is 2.48 bits per heavy atom. The summed E-state index contributed by atoms with van der Waals surface area (Å²) in [4.78, 5) is 0. The summed E-state index contributed by atoms with van der Waals surface area (Å²) in [6.07, 6.45) is 0. The van der Waals surface area contributed by atoms with Crippen molar-refractivity contribution in [1.29, 1.82) is 0 Å². The van der Waals surface area contributed by atoms with Gasteiger partial charge >= 0.3 is 0 Å². The van der Waals surface area contributed by atoms with Crippen LogP contribution in [0.4, 0.5) is 0 Å². The molecule has 0 bridgehead atoms. The van der Waals surface area contributed by atoms with E-state index in [0.29, 0.717) is 16.7 Å². The molecule has 0 atom stereocenters. The second-order valence-electron chi connectivity index (χ2n) is 5.59. The van der Waals surface area contributed by atoms with Crippen LogP contribution in [0.25, 0.3) is 22.4 Å². The molecule has 4 heteroatoms. The fourth-order valence-electron chi connectivity index (χ4n) is 3.09. The molecule has 0 N–H and O–H groups in total.